The SMILES string of the molecule is Cn1ccc2cc(-c3ccc(OCc4cc(C(F)(F)F)nn4-c4c(Cl)cccc4Cl)cc3)ccc21. The van der Waals surface area contributed by atoms with Crippen molar-refractivity contribution in [2.24, 2.45) is 7.05 Å². The summed E-state index contributed by atoms with van der Waals surface area (Å²) in [6.07, 6.45) is -2.62. The third-order valence-electron chi connectivity index (χ3n) is 5.68. The molecule has 9 heteroatoms. The Hall–Kier alpha value is -3.42. The monoisotopic (exact) mass is 515 g/mol. The molecule has 0 fully saturated rings. The fourth-order valence-corrected chi connectivity index (χ4v) is 4.47. The van der Waals surface area contributed by atoms with Gasteiger partial charge < -0.3 is 9.30 Å². The van der Waals surface area contributed by atoms with Crippen LogP contribution in [0, 0.1) is 0 Å². The number of rotatable bonds is 5. The van der Waals surface area contributed by atoms with E-state index in [1.165, 1.54) is 12.1 Å². The van der Waals surface area contributed by atoms with Gasteiger partial charge >= 0.3 is 6.18 Å². The lowest BCUT2D eigenvalue weighted by molar-refractivity contribution is -0.141. The second-order valence-corrected chi connectivity index (χ2v) is 8.83. The quantitative estimate of drug-likeness (QED) is 0.238. The van der Waals surface area contributed by atoms with Crippen molar-refractivity contribution in [1.82, 2.24) is 14.3 Å². The number of para-hydroxylation sites is 1. The van der Waals surface area contributed by atoms with Gasteiger partial charge in [-0.2, -0.15) is 18.3 Å². The summed E-state index contributed by atoms with van der Waals surface area (Å²) >= 11 is 12.4. The predicted molar refractivity (Wildman–Crippen MR) is 131 cm³/mol. The molecular formula is C26H18Cl2F3N3O. The van der Waals surface area contributed by atoms with E-state index in [0.29, 0.717) is 5.75 Å². The summed E-state index contributed by atoms with van der Waals surface area (Å²) in [7, 11) is 2.00. The number of hydrogen-bond acceptors (Lipinski definition) is 2. The van der Waals surface area contributed by atoms with E-state index >= 15 is 0 Å². The van der Waals surface area contributed by atoms with Crippen molar-refractivity contribution in [3.63, 3.8) is 0 Å². The zero-order valence-corrected chi connectivity index (χ0v) is 19.9. The minimum Gasteiger partial charge on any atom is -0.487 e. The smallest absolute Gasteiger partial charge is 0.435 e. The third-order valence-corrected chi connectivity index (χ3v) is 6.29. The minimum atomic E-state index is -4.63. The molecular weight excluding hydrogens is 498 g/mol. The first kappa shape index (κ1) is 23.3. The number of fused-ring (bicyclic) bond motifs is 1. The average Bonchev–Trinajstić information content (AvgIpc) is 3.42. The van der Waals surface area contributed by atoms with Gasteiger partial charge in [0.15, 0.2) is 5.69 Å². The molecule has 5 aromatic rings. The Morgan fingerprint density at radius 1 is 0.886 bits per heavy atom. The molecule has 0 amide bonds. The van der Waals surface area contributed by atoms with Crippen LogP contribution in [-0.2, 0) is 19.8 Å². The normalized spacial score (nSPS) is 11.8. The molecule has 0 spiro atoms. The van der Waals surface area contributed by atoms with E-state index in [1.807, 2.05) is 31.4 Å². The molecule has 178 valence electrons. The highest BCUT2D eigenvalue weighted by Gasteiger charge is 2.35. The fraction of sp³-hybridized carbons (Fsp3) is 0.115. The highest BCUT2D eigenvalue weighted by molar-refractivity contribution is 6.37. The van der Waals surface area contributed by atoms with Crippen LogP contribution < -0.4 is 4.74 Å². The van der Waals surface area contributed by atoms with Gasteiger partial charge in [0, 0.05) is 24.1 Å². The van der Waals surface area contributed by atoms with Crippen molar-refractivity contribution in [2.75, 3.05) is 0 Å². The highest BCUT2D eigenvalue weighted by Crippen LogP contribution is 2.34. The fourth-order valence-electron chi connectivity index (χ4n) is 3.91. The van der Waals surface area contributed by atoms with Crippen LogP contribution in [0.3, 0.4) is 0 Å². The summed E-state index contributed by atoms with van der Waals surface area (Å²) in [5.41, 5.74) is 2.45. The van der Waals surface area contributed by atoms with Gasteiger partial charge in [-0.3, -0.25) is 0 Å². The van der Waals surface area contributed by atoms with Crippen LogP contribution in [0.2, 0.25) is 10.0 Å². The largest absolute Gasteiger partial charge is 0.487 e. The second kappa shape index (κ2) is 8.98. The van der Waals surface area contributed by atoms with E-state index in [4.69, 9.17) is 27.9 Å². The molecule has 0 aliphatic carbocycles. The molecule has 5 rings (SSSR count). The van der Waals surface area contributed by atoms with Gasteiger partial charge in [-0.25, -0.2) is 4.68 Å². The second-order valence-electron chi connectivity index (χ2n) is 8.01. The van der Waals surface area contributed by atoms with Gasteiger partial charge in [-0.1, -0.05) is 47.5 Å². The zero-order valence-electron chi connectivity index (χ0n) is 18.4. The molecule has 0 atom stereocenters. The first-order valence-electron chi connectivity index (χ1n) is 10.6. The van der Waals surface area contributed by atoms with Gasteiger partial charge in [0.25, 0.3) is 0 Å². The number of ether oxygens (including phenoxy) is 1. The van der Waals surface area contributed by atoms with Crippen molar-refractivity contribution < 1.29 is 17.9 Å². The standard InChI is InChI=1S/C26H18Cl2F3N3O/c1-33-12-11-18-13-17(7-10-23(18)33)16-5-8-20(9-6-16)35-15-19-14-24(26(29,30)31)32-34(19)25-21(27)3-2-4-22(25)28/h2-14H,15H2,1H3. The van der Waals surface area contributed by atoms with Crippen molar-refractivity contribution in [3.8, 4) is 22.6 Å². The summed E-state index contributed by atoms with van der Waals surface area (Å²) in [5, 5.41) is 5.20. The predicted octanol–water partition coefficient (Wildman–Crippen LogP) is 7.94. The molecule has 0 radical (unpaired) electrons. The number of nitrogens with zero attached hydrogens (tertiary/aromatic N) is 3. The van der Waals surface area contributed by atoms with Crippen LogP contribution >= 0.6 is 23.2 Å². The highest BCUT2D eigenvalue weighted by atomic mass is 35.5. The zero-order chi connectivity index (χ0) is 24.7. The van der Waals surface area contributed by atoms with Gasteiger partial charge in [0.2, 0.25) is 0 Å². The summed E-state index contributed by atoms with van der Waals surface area (Å²) in [6, 6.07) is 21.2. The van der Waals surface area contributed by atoms with Gasteiger partial charge in [-0.05, 0) is 59.7 Å². The van der Waals surface area contributed by atoms with Crippen LogP contribution in [0.15, 0.2) is 79.0 Å². The maximum Gasteiger partial charge on any atom is 0.435 e. The molecule has 0 bridgehead atoms. The Balaban J connectivity index is 1.40. The lowest BCUT2D eigenvalue weighted by Gasteiger charge is -2.12. The van der Waals surface area contributed by atoms with Crippen LogP contribution in [0.25, 0.3) is 27.7 Å². The Labute approximate surface area is 209 Å². The van der Waals surface area contributed by atoms with Gasteiger partial charge in [-0.15, -0.1) is 0 Å². The van der Waals surface area contributed by atoms with Crippen molar-refractivity contribution in [2.45, 2.75) is 12.8 Å². The van der Waals surface area contributed by atoms with E-state index in [9.17, 15) is 13.2 Å². The summed E-state index contributed by atoms with van der Waals surface area (Å²) < 4.78 is 49.1. The Morgan fingerprint density at radius 3 is 2.26 bits per heavy atom. The van der Waals surface area contributed by atoms with Gasteiger partial charge in [0.05, 0.1) is 15.7 Å². The molecule has 35 heavy (non-hydrogen) atoms. The van der Waals surface area contributed by atoms with E-state index in [1.54, 1.807) is 18.2 Å². The molecule has 0 aliphatic rings. The number of benzene rings is 3. The summed E-state index contributed by atoms with van der Waals surface area (Å²) in [6.45, 7) is -0.167. The number of alkyl halides is 3. The van der Waals surface area contributed by atoms with Gasteiger partial charge in [0.1, 0.15) is 18.0 Å². The molecule has 0 N–H and O–H groups in total. The lowest BCUT2D eigenvalue weighted by Crippen LogP contribution is -2.09. The summed E-state index contributed by atoms with van der Waals surface area (Å²) in [5.74, 6) is 0.501. The minimum absolute atomic E-state index is 0.158. The van der Waals surface area contributed by atoms with Crippen LogP contribution in [-0.4, -0.2) is 14.3 Å². The Kier molecular flexibility index (Phi) is 5.99. The maximum atomic E-state index is 13.4. The number of halogens is 5. The number of aromatic nitrogens is 3. The molecule has 3 aromatic carbocycles. The molecule has 0 unspecified atom stereocenters. The van der Waals surface area contributed by atoms with Crippen molar-refractivity contribution >= 4 is 34.1 Å². The van der Waals surface area contributed by atoms with E-state index in [-0.39, 0.29) is 28.0 Å². The lowest BCUT2D eigenvalue weighted by atomic mass is 10.0. The molecule has 0 saturated heterocycles. The summed E-state index contributed by atoms with van der Waals surface area (Å²) in [4.78, 5) is 0. The maximum absolute atomic E-state index is 13.4. The molecule has 2 heterocycles. The number of hydrogen-bond donors (Lipinski definition) is 0. The van der Waals surface area contributed by atoms with Crippen molar-refractivity contribution in [3.05, 3.63) is 100 Å². The van der Waals surface area contributed by atoms with E-state index in [2.05, 4.69) is 27.9 Å². The molecule has 0 aliphatic heterocycles. The topological polar surface area (TPSA) is 32.0 Å². The molecule has 0 saturated carbocycles. The molecule has 2 aromatic heterocycles. The van der Waals surface area contributed by atoms with E-state index < -0.39 is 11.9 Å². The van der Waals surface area contributed by atoms with Crippen molar-refractivity contribution in [1.29, 1.82) is 0 Å². The third kappa shape index (κ3) is 4.61. The molecule has 4 nitrogen and oxygen atoms in total. The average molecular weight is 516 g/mol. The van der Waals surface area contributed by atoms with Crippen LogP contribution in [0.5, 0.6) is 5.75 Å². The first-order valence-corrected chi connectivity index (χ1v) is 11.3. The van der Waals surface area contributed by atoms with E-state index in [0.717, 1.165) is 32.8 Å². The Morgan fingerprint density at radius 2 is 1.57 bits per heavy atom. The van der Waals surface area contributed by atoms with Crippen LogP contribution in [0.1, 0.15) is 11.4 Å². The first-order chi connectivity index (χ1) is 16.7. The van der Waals surface area contributed by atoms with Crippen LogP contribution in [0.4, 0.5) is 13.2 Å². The number of aryl methyl sites for hydroxylation is 1. The Bertz CT molecular complexity index is 1500.